The third-order valence-electron chi connectivity index (χ3n) is 1.12. The predicted molar refractivity (Wildman–Crippen MR) is 41.6 cm³/mol. The average molecular weight is 133 g/mol. The molecule has 0 aliphatic carbocycles. The molecule has 2 radical (unpaired) electrons. The molecule has 0 bridgehead atoms. The van der Waals surface area contributed by atoms with Crippen molar-refractivity contribution in [2.75, 3.05) is 6.54 Å². The normalized spacial score (nSPS) is 23.2. The van der Waals surface area contributed by atoms with Gasteiger partial charge in [0.05, 0.1) is 0 Å². The number of hydrazone groups is 1. The third-order valence-corrected chi connectivity index (χ3v) is 1.12. The SMILES string of the molecule is [B]C1=C=C/C(N)=N\NCC1. The van der Waals surface area contributed by atoms with Crippen molar-refractivity contribution in [3.05, 3.63) is 17.3 Å². The molecule has 0 spiro atoms. The first kappa shape index (κ1) is 6.97. The minimum absolute atomic E-state index is 0.405. The van der Waals surface area contributed by atoms with Crippen LogP contribution in [0.3, 0.4) is 0 Å². The Morgan fingerprint density at radius 1 is 1.80 bits per heavy atom. The summed E-state index contributed by atoms with van der Waals surface area (Å²) in [5.74, 6) is 0.405. The van der Waals surface area contributed by atoms with Gasteiger partial charge in [0.1, 0.15) is 7.85 Å². The van der Waals surface area contributed by atoms with Crippen LogP contribution in [0, 0.1) is 0 Å². The number of nitrogens with zero attached hydrogens (tertiary/aromatic N) is 1. The number of hydrogen-bond acceptors (Lipinski definition) is 3. The zero-order chi connectivity index (χ0) is 7.40. The first-order valence-electron chi connectivity index (χ1n) is 3.06. The quantitative estimate of drug-likeness (QED) is 0.344. The maximum atomic E-state index is 5.49. The second-order valence-corrected chi connectivity index (χ2v) is 2.01. The number of nitrogens with two attached hydrogens (primary N) is 1. The van der Waals surface area contributed by atoms with Gasteiger partial charge >= 0.3 is 0 Å². The monoisotopic (exact) mass is 133 g/mol. The zero-order valence-electron chi connectivity index (χ0n) is 5.59. The second-order valence-electron chi connectivity index (χ2n) is 2.01. The number of amidine groups is 1. The molecule has 3 nitrogen and oxygen atoms in total. The molecule has 1 aliphatic heterocycles. The summed E-state index contributed by atoms with van der Waals surface area (Å²) in [6.45, 7) is 0.716. The molecule has 3 N–H and O–H groups in total. The highest BCUT2D eigenvalue weighted by molar-refractivity contribution is 6.21. The lowest BCUT2D eigenvalue weighted by Crippen LogP contribution is -2.18. The smallest absolute Gasteiger partial charge is 0.150 e. The van der Waals surface area contributed by atoms with Crippen molar-refractivity contribution in [2.24, 2.45) is 10.8 Å². The zero-order valence-corrected chi connectivity index (χ0v) is 5.59. The van der Waals surface area contributed by atoms with Gasteiger partial charge in [0.2, 0.25) is 0 Å². The molecule has 0 amide bonds. The van der Waals surface area contributed by atoms with Crippen molar-refractivity contribution in [1.82, 2.24) is 5.43 Å². The van der Waals surface area contributed by atoms with Crippen LogP contribution in [0.1, 0.15) is 6.42 Å². The van der Waals surface area contributed by atoms with Crippen molar-refractivity contribution in [3.63, 3.8) is 0 Å². The molecule has 0 atom stereocenters. The van der Waals surface area contributed by atoms with E-state index in [1.54, 1.807) is 6.08 Å². The van der Waals surface area contributed by atoms with Crippen LogP contribution in [0.2, 0.25) is 0 Å². The summed E-state index contributed by atoms with van der Waals surface area (Å²) in [6, 6.07) is 0. The van der Waals surface area contributed by atoms with Crippen LogP contribution in [0.15, 0.2) is 22.4 Å². The Morgan fingerprint density at radius 3 is 3.40 bits per heavy atom. The highest BCUT2D eigenvalue weighted by Gasteiger charge is 1.91. The molecule has 10 heavy (non-hydrogen) atoms. The van der Waals surface area contributed by atoms with Gasteiger partial charge in [-0.15, -0.1) is 5.73 Å². The molecule has 0 aromatic heterocycles. The molecule has 0 aromatic carbocycles. The van der Waals surface area contributed by atoms with Crippen LogP contribution in [-0.2, 0) is 0 Å². The van der Waals surface area contributed by atoms with Gasteiger partial charge in [0.15, 0.2) is 5.84 Å². The first-order chi connectivity index (χ1) is 4.79. The number of hydrogen-bond donors (Lipinski definition) is 2. The highest BCUT2D eigenvalue weighted by atomic mass is 15.3. The van der Waals surface area contributed by atoms with E-state index in [0.717, 1.165) is 6.42 Å². The van der Waals surface area contributed by atoms with E-state index in [4.69, 9.17) is 13.6 Å². The molecule has 0 unspecified atom stereocenters. The molecular weight excluding hydrogens is 125 g/mol. The fraction of sp³-hybridized carbons (Fsp3) is 0.333. The molecular formula is C6H8BN3. The molecule has 1 aliphatic rings. The molecule has 0 fully saturated rings. The minimum Gasteiger partial charge on any atom is -0.382 e. The lowest BCUT2D eigenvalue weighted by atomic mass is 9.93. The Morgan fingerprint density at radius 2 is 2.60 bits per heavy atom. The van der Waals surface area contributed by atoms with Crippen molar-refractivity contribution in [1.29, 1.82) is 0 Å². The Bertz CT molecular complexity index is 213. The largest absolute Gasteiger partial charge is 0.382 e. The average Bonchev–Trinajstić information content (AvgIpc) is 1.90. The van der Waals surface area contributed by atoms with E-state index in [0.29, 0.717) is 17.9 Å². The number of nitrogens with one attached hydrogen (secondary N) is 1. The van der Waals surface area contributed by atoms with Gasteiger partial charge in [-0.3, -0.25) is 0 Å². The van der Waals surface area contributed by atoms with E-state index in [-0.39, 0.29) is 0 Å². The minimum atomic E-state index is 0.405. The van der Waals surface area contributed by atoms with Crippen LogP contribution in [0.5, 0.6) is 0 Å². The summed E-state index contributed by atoms with van der Waals surface area (Å²) < 4.78 is 0. The van der Waals surface area contributed by atoms with E-state index < -0.39 is 0 Å². The van der Waals surface area contributed by atoms with Crippen LogP contribution in [0.25, 0.3) is 0 Å². The van der Waals surface area contributed by atoms with Gasteiger partial charge in [0.25, 0.3) is 0 Å². The fourth-order valence-corrected chi connectivity index (χ4v) is 0.609. The molecule has 0 saturated heterocycles. The van der Waals surface area contributed by atoms with Crippen LogP contribution in [-0.4, -0.2) is 20.2 Å². The third kappa shape index (κ3) is 1.99. The van der Waals surface area contributed by atoms with Gasteiger partial charge in [-0.05, 0) is 6.42 Å². The second kappa shape index (κ2) is 3.13. The Hall–Kier alpha value is -1.15. The standard InChI is InChI=1S/C6H8BN3/c7-5-1-2-6(8)10-9-4-3-5/h2,9H,3-4H2,(H2,8,10). The summed E-state index contributed by atoms with van der Waals surface area (Å²) in [4.78, 5) is 0. The maximum Gasteiger partial charge on any atom is 0.150 e. The van der Waals surface area contributed by atoms with E-state index in [1.807, 2.05) is 0 Å². The first-order valence-corrected chi connectivity index (χ1v) is 3.06. The van der Waals surface area contributed by atoms with Gasteiger partial charge in [0, 0.05) is 12.6 Å². The van der Waals surface area contributed by atoms with E-state index in [9.17, 15) is 0 Å². The van der Waals surface area contributed by atoms with Crippen LogP contribution >= 0.6 is 0 Å². The van der Waals surface area contributed by atoms with Crippen LogP contribution in [0.4, 0.5) is 0 Å². The maximum absolute atomic E-state index is 5.49. The molecule has 0 saturated carbocycles. The van der Waals surface area contributed by atoms with Crippen molar-refractivity contribution in [3.8, 4) is 0 Å². The molecule has 0 aromatic rings. The van der Waals surface area contributed by atoms with Gasteiger partial charge in [-0.1, -0.05) is 5.47 Å². The summed E-state index contributed by atoms with van der Waals surface area (Å²) in [5.41, 5.74) is 11.6. The Kier molecular flexibility index (Phi) is 2.18. The molecule has 1 heterocycles. The number of rotatable bonds is 0. The predicted octanol–water partition coefficient (Wildman–Crippen LogP) is -0.541. The van der Waals surface area contributed by atoms with Gasteiger partial charge < -0.3 is 11.2 Å². The summed E-state index contributed by atoms with van der Waals surface area (Å²) in [6.07, 6.45) is 2.31. The Balaban J connectivity index is 2.81. The van der Waals surface area contributed by atoms with E-state index >= 15 is 0 Å². The van der Waals surface area contributed by atoms with Gasteiger partial charge in [-0.2, -0.15) is 5.10 Å². The van der Waals surface area contributed by atoms with Crippen molar-refractivity contribution in [2.45, 2.75) is 6.42 Å². The lowest BCUT2D eigenvalue weighted by molar-refractivity contribution is 0.736. The summed E-state index contributed by atoms with van der Waals surface area (Å²) in [5, 5.41) is 3.78. The molecule has 4 heteroatoms. The summed E-state index contributed by atoms with van der Waals surface area (Å²) in [7, 11) is 5.49. The fourth-order valence-electron chi connectivity index (χ4n) is 0.609. The molecule has 50 valence electrons. The van der Waals surface area contributed by atoms with E-state index in [1.165, 1.54) is 0 Å². The van der Waals surface area contributed by atoms with E-state index in [2.05, 4.69) is 16.3 Å². The Labute approximate surface area is 61.1 Å². The topological polar surface area (TPSA) is 50.4 Å². The lowest BCUT2D eigenvalue weighted by Gasteiger charge is -2.02. The highest BCUT2D eigenvalue weighted by Crippen LogP contribution is 1.92. The van der Waals surface area contributed by atoms with Crippen molar-refractivity contribution < 1.29 is 0 Å². The summed E-state index contributed by atoms with van der Waals surface area (Å²) >= 11 is 0. The van der Waals surface area contributed by atoms with Crippen LogP contribution < -0.4 is 11.2 Å². The van der Waals surface area contributed by atoms with Gasteiger partial charge in [-0.25, -0.2) is 0 Å². The van der Waals surface area contributed by atoms with Crippen molar-refractivity contribution >= 4 is 13.7 Å². The molecule has 1 rings (SSSR count).